The number of nitrogens with zero attached hydrogens (tertiary/aromatic N) is 3. The summed E-state index contributed by atoms with van der Waals surface area (Å²) in [5.74, 6) is -1.38. The molecule has 0 aliphatic carbocycles. The summed E-state index contributed by atoms with van der Waals surface area (Å²) in [5, 5.41) is 8.81. The third kappa shape index (κ3) is 6.41. The lowest BCUT2D eigenvalue weighted by atomic mass is 10.0. The molecular weight excluding hydrogens is 500 g/mol. The third-order valence-electron chi connectivity index (χ3n) is 7.70. The van der Waals surface area contributed by atoms with Crippen LogP contribution in [0.2, 0.25) is 0 Å². The van der Waals surface area contributed by atoms with Crippen LogP contribution in [0.15, 0.2) is 24.3 Å². The van der Waals surface area contributed by atoms with E-state index in [-0.39, 0.29) is 41.9 Å². The maximum absolute atomic E-state index is 13.7. The highest BCUT2D eigenvalue weighted by Crippen LogP contribution is 2.31. The van der Waals surface area contributed by atoms with Crippen LogP contribution in [0.3, 0.4) is 0 Å². The number of fused-ring (bicyclic) bond motifs is 1. The maximum atomic E-state index is 13.7. The van der Waals surface area contributed by atoms with Crippen molar-refractivity contribution in [3.05, 3.63) is 29.8 Å². The molecule has 3 N–H and O–H groups in total. The number of Topliss-reactive ketones (excluding diaryl/α,β-unsaturated/α-hetero) is 1. The molecule has 0 spiro atoms. The standard InChI is InChI=1S/C28H40N6O5/c1-17(2)15-22(31-26(37)20-5-7-21(8-6-20)32-13-10-29-11-14-32)28(39)33-12-9-23-25(33)24(36)16-34(23)27(38)18(3)30-19(4)35/h5-8,17-18,22-23,25,29H,9-16H2,1-4H3,(H,30,35)(H,31,37). The number of amides is 4. The zero-order valence-electron chi connectivity index (χ0n) is 23.2. The highest BCUT2D eigenvalue weighted by molar-refractivity contribution is 6.01. The van der Waals surface area contributed by atoms with Crippen LogP contribution in [-0.2, 0) is 19.2 Å². The van der Waals surface area contributed by atoms with Crippen molar-refractivity contribution in [2.24, 2.45) is 5.92 Å². The molecule has 0 saturated carbocycles. The fraction of sp³-hybridized carbons (Fsp3) is 0.607. The lowest BCUT2D eigenvalue weighted by Gasteiger charge is -2.30. The van der Waals surface area contributed by atoms with Crippen LogP contribution in [0.4, 0.5) is 5.69 Å². The molecule has 3 saturated heterocycles. The number of rotatable bonds is 8. The van der Waals surface area contributed by atoms with Gasteiger partial charge in [0.25, 0.3) is 5.91 Å². The van der Waals surface area contributed by atoms with Gasteiger partial charge < -0.3 is 30.7 Å². The van der Waals surface area contributed by atoms with Crippen LogP contribution in [0, 0.1) is 5.92 Å². The zero-order valence-corrected chi connectivity index (χ0v) is 23.2. The zero-order chi connectivity index (χ0) is 28.3. The van der Waals surface area contributed by atoms with Crippen molar-refractivity contribution < 1.29 is 24.0 Å². The fourth-order valence-corrected chi connectivity index (χ4v) is 5.85. The number of piperazine rings is 1. The molecule has 39 heavy (non-hydrogen) atoms. The van der Waals surface area contributed by atoms with Gasteiger partial charge in [-0.15, -0.1) is 0 Å². The van der Waals surface area contributed by atoms with Gasteiger partial charge in [0.05, 0.1) is 12.6 Å². The first-order valence-corrected chi connectivity index (χ1v) is 13.8. The Balaban J connectivity index is 1.44. The summed E-state index contributed by atoms with van der Waals surface area (Å²) in [5.41, 5.74) is 1.52. The van der Waals surface area contributed by atoms with Gasteiger partial charge in [-0.05, 0) is 49.9 Å². The number of benzene rings is 1. The quantitative estimate of drug-likeness (QED) is 0.428. The molecule has 1 aromatic carbocycles. The van der Waals surface area contributed by atoms with Gasteiger partial charge in [0.1, 0.15) is 18.1 Å². The Kier molecular flexibility index (Phi) is 8.89. The third-order valence-corrected chi connectivity index (χ3v) is 7.70. The Hall–Kier alpha value is -3.47. The van der Waals surface area contributed by atoms with Crippen molar-refractivity contribution in [2.75, 3.05) is 44.2 Å². The van der Waals surface area contributed by atoms with Gasteiger partial charge in [-0.3, -0.25) is 24.0 Å². The van der Waals surface area contributed by atoms with Crippen molar-refractivity contribution in [3.63, 3.8) is 0 Å². The van der Waals surface area contributed by atoms with E-state index in [4.69, 9.17) is 0 Å². The van der Waals surface area contributed by atoms with Gasteiger partial charge in [0.15, 0.2) is 5.78 Å². The minimum atomic E-state index is -0.792. The van der Waals surface area contributed by atoms with Crippen LogP contribution in [0.1, 0.15) is 50.9 Å². The number of likely N-dealkylation sites (tertiary alicyclic amines) is 2. The Morgan fingerprint density at radius 2 is 1.62 bits per heavy atom. The minimum Gasteiger partial charge on any atom is -0.369 e. The van der Waals surface area contributed by atoms with Crippen molar-refractivity contribution in [1.82, 2.24) is 25.8 Å². The van der Waals surface area contributed by atoms with E-state index in [1.165, 1.54) is 16.7 Å². The van der Waals surface area contributed by atoms with Crippen LogP contribution in [0.5, 0.6) is 0 Å². The van der Waals surface area contributed by atoms with Crippen molar-refractivity contribution >= 4 is 35.1 Å². The largest absolute Gasteiger partial charge is 0.369 e. The van der Waals surface area contributed by atoms with Crippen molar-refractivity contribution in [2.45, 2.75) is 64.7 Å². The predicted molar refractivity (Wildman–Crippen MR) is 146 cm³/mol. The molecule has 4 atom stereocenters. The van der Waals surface area contributed by atoms with E-state index in [0.29, 0.717) is 24.9 Å². The lowest BCUT2D eigenvalue weighted by Crippen LogP contribution is -2.53. The Morgan fingerprint density at radius 1 is 0.949 bits per heavy atom. The SMILES string of the molecule is CC(=O)NC(C)C(=O)N1CC(=O)C2C1CCN2C(=O)C(CC(C)C)NC(=O)c1ccc(N2CCNCC2)cc1. The molecule has 4 unspecified atom stereocenters. The Morgan fingerprint density at radius 3 is 2.23 bits per heavy atom. The second-order valence-corrected chi connectivity index (χ2v) is 11.1. The molecule has 3 heterocycles. The number of anilines is 1. The molecule has 0 bridgehead atoms. The van der Waals surface area contributed by atoms with Crippen molar-refractivity contribution in [3.8, 4) is 0 Å². The van der Waals surface area contributed by atoms with Gasteiger partial charge in [0.2, 0.25) is 17.7 Å². The fourth-order valence-electron chi connectivity index (χ4n) is 5.85. The van der Waals surface area contributed by atoms with Gasteiger partial charge in [-0.25, -0.2) is 0 Å². The first-order valence-electron chi connectivity index (χ1n) is 13.8. The van der Waals surface area contributed by atoms with E-state index in [0.717, 1.165) is 31.9 Å². The summed E-state index contributed by atoms with van der Waals surface area (Å²) in [6, 6.07) is 4.68. The van der Waals surface area contributed by atoms with E-state index in [1.807, 2.05) is 26.0 Å². The molecule has 1 aromatic rings. The summed E-state index contributed by atoms with van der Waals surface area (Å²) in [7, 11) is 0. The molecule has 3 fully saturated rings. The average Bonchev–Trinajstić information content (AvgIpc) is 3.48. The highest BCUT2D eigenvalue weighted by atomic mass is 16.2. The van der Waals surface area contributed by atoms with E-state index >= 15 is 0 Å². The van der Waals surface area contributed by atoms with Gasteiger partial charge in [0, 0.05) is 50.9 Å². The molecule has 11 nitrogen and oxygen atoms in total. The molecule has 3 aliphatic heterocycles. The molecule has 4 amide bonds. The first-order chi connectivity index (χ1) is 18.6. The summed E-state index contributed by atoms with van der Waals surface area (Å²) in [6.07, 6.45) is 0.893. The number of carbonyl (C=O) groups is 5. The van der Waals surface area contributed by atoms with Crippen LogP contribution >= 0.6 is 0 Å². The van der Waals surface area contributed by atoms with E-state index in [1.54, 1.807) is 19.1 Å². The minimum absolute atomic E-state index is 0.0947. The van der Waals surface area contributed by atoms with Crippen molar-refractivity contribution in [1.29, 1.82) is 0 Å². The Bertz CT molecular complexity index is 1100. The normalized spacial score (nSPS) is 22.5. The number of hydrogen-bond acceptors (Lipinski definition) is 7. The Labute approximate surface area is 229 Å². The number of nitrogens with one attached hydrogen (secondary N) is 3. The predicted octanol–water partition coefficient (Wildman–Crippen LogP) is 0.146. The lowest BCUT2D eigenvalue weighted by molar-refractivity contribution is -0.138. The topological polar surface area (TPSA) is 131 Å². The molecule has 4 rings (SSSR count). The van der Waals surface area contributed by atoms with Crippen LogP contribution < -0.4 is 20.9 Å². The number of carbonyl (C=O) groups excluding carboxylic acids is 5. The molecule has 3 aliphatic rings. The summed E-state index contributed by atoms with van der Waals surface area (Å²) < 4.78 is 0. The van der Waals surface area contributed by atoms with E-state index in [9.17, 15) is 24.0 Å². The number of ketones is 1. The summed E-state index contributed by atoms with van der Waals surface area (Å²) >= 11 is 0. The van der Waals surface area contributed by atoms with Crippen LogP contribution in [0.25, 0.3) is 0 Å². The van der Waals surface area contributed by atoms with Gasteiger partial charge >= 0.3 is 0 Å². The van der Waals surface area contributed by atoms with E-state index in [2.05, 4.69) is 20.9 Å². The molecular formula is C28H40N6O5. The molecule has 0 radical (unpaired) electrons. The second kappa shape index (κ2) is 12.1. The summed E-state index contributed by atoms with van der Waals surface area (Å²) in [4.78, 5) is 69.6. The maximum Gasteiger partial charge on any atom is 0.251 e. The monoisotopic (exact) mass is 540 g/mol. The first kappa shape index (κ1) is 28.5. The van der Waals surface area contributed by atoms with Gasteiger partial charge in [-0.2, -0.15) is 0 Å². The molecule has 212 valence electrons. The van der Waals surface area contributed by atoms with E-state index < -0.39 is 24.2 Å². The number of hydrogen-bond donors (Lipinski definition) is 3. The molecule has 11 heteroatoms. The smallest absolute Gasteiger partial charge is 0.251 e. The molecule has 0 aromatic heterocycles. The average molecular weight is 541 g/mol. The summed E-state index contributed by atoms with van der Waals surface area (Å²) in [6.45, 7) is 10.8. The second-order valence-electron chi connectivity index (χ2n) is 11.1. The van der Waals surface area contributed by atoms with Gasteiger partial charge in [-0.1, -0.05) is 13.8 Å². The highest BCUT2D eigenvalue weighted by Gasteiger charge is 2.52. The van der Waals surface area contributed by atoms with Crippen LogP contribution in [-0.4, -0.2) is 103 Å².